The average molecular weight is 365 g/mol. The van der Waals surface area contributed by atoms with Crippen molar-refractivity contribution in [2.75, 3.05) is 13.3 Å². The number of ether oxygens (including phenoxy) is 1. The normalized spacial score (nSPS) is 16.2. The van der Waals surface area contributed by atoms with Crippen molar-refractivity contribution < 1.29 is 13.5 Å². The maximum absolute atomic E-state index is 13.1. The first-order valence-electron chi connectivity index (χ1n) is 9.39. The van der Waals surface area contributed by atoms with Crippen LogP contribution in [0, 0.1) is 5.82 Å². The summed E-state index contributed by atoms with van der Waals surface area (Å²) < 4.78 is 24.7. The molecule has 1 aromatic heterocycles. The first kappa shape index (κ1) is 16.5. The molecule has 0 saturated heterocycles. The zero-order valence-corrected chi connectivity index (χ0v) is 15.0. The third kappa shape index (κ3) is 2.92. The summed E-state index contributed by atoms with van der Waals surface area (Å²) in [6.07, 6.45) is 3.57. The monoisotopic (exact) mass is 365 g/mol. The van der Waals surface area contributed by atoms with E-state index in [-0.39, 0.29) is 11.4 Å². The molecule has 0 spiro atoms. The van der Waals surface area contributed by atoms with Crippen LogP contribution in [-0.4, -0.2) is 18.2 Å². The van der Waals surface area contributed by atoms with Crippen LogP contribution in [-0.2, 0) is 25.8 Å². The van der Waals surface area contributed by atoms with Gasteiger partial charge in [-0.15, -0.1) is 0 Å². The zero-order valence-electron chi connectivity index (χ0n) is 15.0. The van der Waals surface area contributed by atoms with Crippen LogP contribution < -0.4 is 10.4 Å². The van der Waals surface area contributed by atoms with E-state index in [1.54, 1.807) is 0 Å². The molecule has 27 heavy (non-hydrogen) atoms. The van der Waals surface area contributed by atoms with E-state index < -0.39 is 0 Å². The molecule has 1 aliphatic carbocycles. The molecule has 5 heteroatoms. The Morgan fingerprint density at radius 1 is 1.00 bits per heavy atom. The van der Waals surface area contributed by atoms with Gasteiger partial charge in [-0.05, 0) is 61.1 Å². The molecule has 2 aromatic carbocycles. The molecule has 3 aromatic rings. The molecule has 0 N–H and O–H groups in total. The van der Waals surface area contributed by atoms with Gasteiger partial charge in [0.1, 0.15) is 23.9 Å². The van der Waals surface area contributed by atoms with Crippen molar-refractivity contribution in [3.8, 4) is 5.75 Å². The van der Waals surface area contributed by atoms with Crippen molar-refractivity contribution in [1.29, 1.82) is 0 Å². The highest BCUT2D eigenvalue weighted by Crippen LogP contribution is 2.35. The van der Waals surface area contributed by atoms with E-state index in [1.165, 1.54) is 12.1 Å². The number of rotatable bonds is 3. The number of aryl methyl sites for hydroxylation is 1. The second-order valence-corrected chi connectivity index (χ2v) is 7.32. The SMILES string of the molecule is O=c1oc2c3c(ccc2c2c1CCC2)OCN(CCc1ccc(F)cc1)C3. The maximum atomic E-state index is 13.1. The van der Waals surface area contributed by atoms with Gasteiger partial charge in [0.25, 0.3) is 0 Å². The second kappa shape index (κ2) is 6.50. The lowest BCUT2D eigenvalue weighted by Crippen LogP contribution is -2.33. The van der Waals surface area contributed by atoms with Crippen LogP contribution in [0.25, 0.3) is 11.0 Å². The van der Waals surface area contributed by atoms with Crippen LogP contribution in [0.4, 0.5) is 4.39 Å². The molecule has 2 heterocycles. The van der Waals surface area contributed by atoms with Crippen LogP contribution in [0.5, 0.6) is 5.75 Å². The number of nitrogens with zero attached hydrogens (tertiary/aromatic N) is 1. The summed E-state index contributed by atoms with van der Waals surface area (Å²) in [5.74, 6) is 0.574. The number of hydrogen-bond donors (Lipinski definition) is 0. The number of hydrogen-bond acceptors (Lipinski definition) is 4. The molecular weight excluding hydrogens is 345 g/mol. The number of benzene rings is 2. The van der Waals surface area contributed by atoms with Gasteiger partial charge >= 0.3 is 5.63 Å². The first-order chi connectivity index (χ1) is 13.2. The highest BCUT2D eigenvalue weighted by atomic mass is 19.1. The molecule has 4 nitrogen and oxygen atoms in total. The fourth-order valence-electron chi connectivity index (χ4n) is 4.18. The van der Waals surface area contributed by atoms with Gasteiger partial charge in [0.2, 0.25) is 0 Å². The van der Waals surface area contributed by atoms with Crippen LogP contribution in [0.3, 0.4) is 0 Å². The van der Waals surface area contributed by atoms with E-state index in [4.69, 9.17) is 9.15 Å². The zero-order chi connectivity index (χ0) is 18.4. The van der Waals surface area contributed by atoms with Gasteiger partial charge in [0.05, 0.1) is 5.56 Å². The summed E-state index contributed by atoms with van der Waals surface area (Å²) in [6, 6.07) is 10.6. The molecule has 0 fully saturated rings. The summed E-state index contributed by atoms with van der Waals surface area (Å²) in [7, 11) is 0. The van der Waals surface area contributed by atoms with Crippen LogP contribution in [0.2, 0.25) is 0 Å². The van der Waals surface area contributed by atoms with Crippen molar-refractivity contribution in [2.45, 2.75) is 32.2 Å². The first-order valence-corrected chi connectivity index (χ1v) is 9.39. The minimum Gasteiger partial charge on any atom is -0.478 e. The minimum atomic E-state index is -0.219. The summed E-state index contributed by atoms with van der Waals surface area (Å²) in [5.41, 5.74) is 4.49. The fraction of sp³-hybridized carbons (Fsp3) is 0.318. The largest absolute Gasteiger partial charge is 0.478 e. The molecule has 0 saturated carbocycles. The Balaban J connectivity index is 1.44. The second-order valence-electron chi connectivity index (χ2n) is 7.32. The van der Waals surface area contributed by atoms with Gasteiger partial charge in [-0.1, -0.05) is 12.1 Å². The average Bonchev–Trinajstić information content (AvgIpc) is 3.18. The third-order valence-electron chi connectivity index (χ3n) is 5.62. The standard InChI is InChI=1S/C22H20FNO3/c23-15-6-4-14(5-7-15)10-11-24-12-19-20(26-13-24)9-8-17-16-2-1-3-18(16)22(25)27-21(17)19/h4-9H,1-3,10-13H2. The van der Waals surface area contributed by atoms with Crippen molar-refractivity contribution in [3.63, 3.8) is 0 Å². The van der Waals surface area contributed by atoms with E-state index in [0.29, 0.717) is 18.9 Å². The van der Waals surface area contributed by atoms with Gasteiger partial charge in [-0.3, -0.25) is 4.90 Å². The lowest BCUT2D eigenvalue weighted by atomic mass is 10.0. The van der Waals surface area contributed by atoms with Gasteiger partial charge in [-0.2, -0.15) is 0 Å². The summed E-state index contributed by atoms with van der Waals surface area (Å²) in [6.45, 7) is 1.96. The Hall–Kier alpha value is -2.66. The third-order valence-corrected chi connectivity index (χ3v) is 5.62. The highest BCUT2D eigenvalue weighted by Gasteiger charge is 2.25. The van der Waals surface area contributed by atoms with E-state index in [2.05, 4.69) is 4.90 Å². The Morgan fingerprint density at radius 2 is 1.81 bits per heavy atom. The Morgan fingerprint density at radius 3 is 2.67 bits per heavy atom. The van der Waals surface area contributed by atoms with Crippen molar-refractivity contribution >= 4 is 11.0 Å². The summed E-state index contributed by atoms with van der Waals surface area (Å²) in [4.78, 5) is 14.6. The van der Waals surface area contributed by atoms with Gasteiger partial charge in [0, 0.05) is 24.0 Å². The van der Waals surface area contributed by atoms with E-state index in [0.717, 1.165) is 65.6 Å². The fourth-order valence-corrected chi connectivity index (χ4v) is 4.18. The Kier molecular flexibility index (Phi) is 3.97. The molecule has 5 rings (SSSR count). The molecular formula is C22H20FNO3. The molecule has 0 radical (unpaired) electrons. The highest BCUT2D eigenvalue weighted by molar-refractivity contribution is 5.86. The quantitative estimate of drug-likeness (QED) is 0.662. The predicted octanol–water partition coefficient (Wildman–Crippen LogP) is 3.82. The van der Waals surface area contributed by atoms with Crippen molar-refractivity contribution in [1.82, 2.24) is 4.90 Å². The van der Waals surface area contributed by atoms with Crippen molar-refractivity contribution in [3.05, 3.63) is 74.9 Å². The number of fused-ring (bicyclic) bond motifs is 5. The van der Waals surface area contributed by atoms with Crippen LogP contribution >= 0.6 is 0 Å². The Labute approximate surface area is 156 Å². The summed E-state index contributed by atoms with van der Waals surface area (Å²) >= 11 is 0. The molecule has 1 aliphatic heterocycles. The van der Waals surface area contributed by atoms with Crippen LogP contribution in [0.1, 0.15) is 28.7 Å². The number of halogens is 1. The predicted molar refractivity (Wildman–Crippen MR) is 101 cm³/mol. The molecule has 2 aliphatic rings. The summed E-state index contributed by atoms with van der Waals surface area (Å²) in [5, 5.41) is 1.05. The smallest absolute Gasteiger partial charge is 0.339 e. The molecule has 0 amide bonds. The molecule has 138 valence electrons. The van der Waals surface area contributed by atoms with E-state index >= 15 is 0 Å². The van der Waals surface area contributed by atoms with Crippen LogP contribution in [0.15, 0.2) is 45.6 Å². The lowest BCUT2D eigenvalue weighted by molar-refractivity contribution is 0.0967. The van der Waals surface area contributed by atoms with E-state index in [1.807, 2.05) is 24.3 Å². The topological polar surface area (TPSA) is 42.7 Å². The lowest BCUT2D eigenvalue weighted by Gasteiger charge is -2.29. The van der Waals surface area contributed by atoms with E-state index in [9.17, 15) is 9.18 Å². The molecule has 0 bridgehead atoms. The van der Waals surface area contributed by atoms with Gasteiger partial charge in [0.15, 0.2) is 0 Å². The molecule has 0 atom stereocenters. The molecule has 0 unspecified atom stereocenters. The minimum absolute atomic E-state index is 0.202. The van der Waals surface area contributed by atoms with Crippen molar-refractivity contribution in [2.24, 2.45) is 0 Å². The van der Waals surface area contributed by atoms with Gasteiger partial charge in [-0.25, -0.2) is 9.18 Å². The Bertz CT molecular complexity index is 1070. The maximum Gasteiger partial charge on any atom is 0.339 e. The van der Waals surface area contributed by atoms with Gasteiger partial charge < -0.3 is 9.15 Å².